The first-order valence-corrected chi connectivity index (χ1v) is 8.34. The molecule has 4 nitrogen and oxygen atoms in total. The fraction of sp³-hybridized carbons (Fsp3) is 0.0667. The smallest absolute Gasteiger partial charge is 0.154 e. The molecule has 0 saturated heterocycles. The minimum atomic E-state index is -0.450. The van der Waals surface area contributed by atoms with E-state index in [-0.39, 0.29) is 5.56 Å². The summed E-state index contributed by atoms with van der Waals surface area (Å²) in [6, 6.07) is 10.4. The standard InChI is InChI=1S/C8H8IN3.C7H3FIN/c1-4-2-3-5(9)6-7(4)11-12-8(6)10;8-6-2-1-3-7(9)5(6)4-10/h2-3H,1H3,(H3,10,11,12);1-3H. The Hall–Kier alpha value is -1.41. The molecule has 0 aliphatic carbocycles. The van der Waals surface area contributed by atoms with Crippen molar-refractivity contribution in [3.05, 3.63) is 54.4 Å². The predicted molar refractivity (Wildman–Crippen MR) is 102 cm³/mol. The highest BCUT2D eigenvalue weighted by atomic mass is 127. The number of rotatable bonds is 0. The molecule has 0 bridgehead atoms. The Balaban J connectivity index is 0.000000164. The number of hydrogen-bond acceptors (Lipinski definition) is 3. The number of nitriles is 1. The fourth-order valence-electron chi connectivity index (χ4n) is 1.85. The van der Waals surface area contributed by atoms with Crippen molar-refractivity contribution in [2.24, 2.45) is 0 Å². The van der Waals surface area contributed by atoms with Gasteiger partial charge in [-0.3, -0.25) is 5.10 Å². The maximum atomic E-state index is 12.6. The molecule has 0 aliphatic rings. The molecule has 7 heteroatoms. The van der Waals surface area contributed by atoms with Crippen molar-refractivity contribution in [1.82, 2.24) is 10.2 Å². The van der Waals surface area contributed by atoms with Crippen molar-refractivity contribution in [1.29, 1.82) is 5.26 Å². The van der Waals surface area contributed by atoms with E-state index >= 15 is 0 Å². The van der Waals surface area contributed by atoms with Crippen LogP contribution < -0.4 is 5.73 Å². The van der Waals surface area contributed by atoms with Crippen LogP contribution in [0.1, 0.15) is 11.1 Å². The van der Waals surface area contributed by atoms with Crippen LogP contribution in [-0.2, 0) is 0 Å². The van der Waals surface area contributed by atoms with Crippen molar-refractivity contribution in [3.8, 4) is 6.07 Å². The Morgan fingerprint density at radius 3 is 2.50 bits per heavy atom. The Bertz CT molecular complexity index is 848. The summed E-state index contributed by atoms with van der Waals surface area (Å²) < 4.78 is 14.4. The van der Waals surface area contributed by atoms with E-state index < -0.39 is 5.82 Å². The summed E-state index contributed by atoms with van der Waals surface area (Å²) in [6.07, 6.45) is 0. The lowest BCUT2D eigenvalue weighted by atomic mass is 10.2. The van der Waals surface area contributed by atoms with Crippen molar-refractivity contribution >= 4 is 61.9 Å². The third kappa shape index (κ3) is 3.49. The minimum absolute atomic E-state index is 0.128. The molecule has 3 rings (SSSR count). The van der Waals surface area contributed by atoms with Crippen LogP contribution >= 0.6 is 45.2 Å². The zero-order chi connectivity index (χ0) is 16.3. The van der Waals surface area contributed by atoms with Crippen LogP contribution in [0.5, 0.6) is 0 Å². The molecule has 0 spiro atoms. The first kappa shape index (κ1) is 17.0. The summed E-state index contributed by atoms with van der Waals surface area (Å²) in [4.78, 5) is 0. The topological polar surface area (TPSA) is 78.5 Å². The number of aromatic nitrogens is 2. The van der Waals surface area contributed by atoms with Gasteiger partial charge >= 0.3 is 0 Å². The zero-order valence-electron chi connectivity index (χ0n) is 11.5. The van der Waals surface area contributed by atoms with Crippen molar-refractivity contribution in [2.45, 2.75) is 6.92 Å². The number of halogens is 3. The van der Waals surface area contributed by atoms with Crippen molar-refractivity contribution < 1.29 is 4.39 Å². The molecule has 3 N–H and O–H groups in total. The molecule has 112 valence electrons. The van der Waals surface area contributed by atoms with E-state index in [9.17, 15) is 4.39 Å². The third-order valence-corrected chi connectivity index (χ3v) is 4.78. The first-order valence-electron chi connectivity index (χ1n) is 6.18. The Kier molecular flexibility index (Phi) is 5.57. The van der Waals surface area contributed by atoms with E-state index in [1.807, 2.05) is 35.6 Å². The van der Waals surface area contributed by atoms with Gasteiger partial charge in [0.15, 0.2) is 5.82 Å². The minimum Gasteiger partial charge on any atom is -0.382 e. The van der Waals surface area contributed by atoms with E-state index in [0.29, 0.717) is 9.39 Å². The average molecular weight is 520 g/mol. The van der Waals surface area contributed by atoms with Crippen LogP contribution in [0.25, 0.3) is 10.9 Å². The number of aromatic amines is 1. The molecule has 0 radical (unpaired) electrons. The van der Waals surface area contributed by atoms with Gasteiger partial charge in [0.25, 0.3) is 0 Å². The molecule has 3 aromatic rings. The summed E-state index contributed by atoms with van der Waals surface area (Å²) in [7, 11) is 0. The molecule has 0 saturated carbocycles. The summed E-state index contributed by atoms with van der Waals surface area (Å²) in [5.74, 6) is 0.132. The largest absolute Gasteiger partial charge is 0.382 e. The zero-order valence-corrected chi connectivity index (χ0v) is 15.8. The number of benzene rings is 2. The average Bonchev–Trinajstić information content (AvgIpc) is 2.87. The number of hydrogen-bond donors (Lipinski definition) is 2. The van der Waals surface area contributed by atoms with Crippen LogP contribution in [-0.4, -0.2) is 10.2 Å². The van der Waals surface area contributed by atoms with Gasteiger partial charge in [-0.15, -0.1) is 0 Å². The van der Waals surface area contributed by atoms with Crippen LogP contribution in [0, 0.1) is 31.2 Å². The van der Waals surface area contributed by atoms with Gasteiger partial charge in [-0.1, -0.05) is 12.1 Å². The van der Waals surface area contributed by atoms with Gasteiger partial charge in [0, 0.05) is 7.14 Å². The van der Waals surface area contributed by atoms with Crippen LogP contribution in [0.3, 0.4) is 0 Å². The monoisotopic (exact) mass is 520 g/mol. The van der Waals surface area contributed by atoms with E-state index in [0.717, 1.165) is 14.5 Å². The quantitative estimate of drug-likeness (QED) is 0.433. The molecule has 22 heavy (non-hydrogen) atoms. The van der Waals surface area contributed by atoms with Gasteiger partial charge in [-0.2, -0.15) is 10.4 Å². The SMILES string of the molecule is Cc1ccc(I)c2c(N)n[nH]c12.N#Cc1c(F)cccc1I. The van der Waals surface area contributed by atoms with Crippen molar-refractivity contribution in [2.75, 3.05) is 5.73 Å². The van der Waals surface area contributed by atoms with Gasteiger partial charge in [-0.05, 0) is 75.9 Å². The molecule has 0 fully saturated rings. The molecular formula is C15H11FI2N4. The van der Waals surface area contributed by atoms with Gasteiger partial charge < -0.3 is 5.73 Å². The Morgan fingerprint density at radius 2 is 1.95 bits per heavy atom. The number of nitrogens with one attached hydrogen (secondary N) is 1. The van der Waals surface area contributed by atoms with Crippen LogP contribution in [0.4, 0.5) is 10.2 Å². The normalized spacial score (nSPS) is 9.95. The second-order valence-electron chi connectivity index (χ2n) is 4.43. The highest BCUT2D eigenvalue weighted by molar-refractivity contribution is 14.1. The fourth-order valence-corrected chi connectivity index (χ4v) is 3.16. The van der Waals surface area contributed by atoms with Crippen LogP contribution in [0.2, 0.25) is 0 Å². The molecule has 1 aromatic heterocycles. The molecule has 0 amide bonds. The van der Waals surface area contributed by atoms with Crippen LogP contribution in [0.15, 0.2) is 30.3 Å². The molecule has 0 atom stereocenters. The number of aryl methyl sites for hydroxylation is 1. The van der Waals surface area contributed by atoms with E-state index in [2.05, 4.69) is 38.9 Å². The first-order chi connectivity index (χ1) is 10.5. The Labute approximate surface area is 154 Å². The molecule has 1 heterocycles. The van der Waals surface area contributed by atoms with Gasteiger partial charge in [-0.25, -0.2) is 4.39 Å². The van der Waals surface area contributed by atoms with Gasteiger partial charge in [0.2, 0.25) is 0 Å². The summed E-state index contributed by atoms with van der Waals surface area (Å²) in [5, 5.41) is 16.3. The lowest BCUT2D eigenvalue weighted by Gasteiger charge is -1.97. The maximum absolute atomic E-state index is 12.6. The molecule has 2 aromatic carbocycles. The van der Waals surface area contributed by atoms with E-state index in [1.165, 1.54) is 11.6 Å². The second kappa shape index (κ2) is 7.23. The number of nitrogen functional groups attached to an aromatic ring is 1. The summed E-state index contributed by atoms with van der Waals surface area (Å²) in [5.41, 5.74) is 8.04. The van der Waals surface area contributed by atoms with Gasteiger partial charge in [0.1, 0.15) is 17.4 Å². The number of fused-ring (bicyclic) bond motifs is 1. The van der Waals surface area contributed by atoms with E-state index in [1.54, 1.807) is 18.2 Å². The lowest BCUT2D eigenvalue weighted by Crippen LogP contribution is -1.86. The number of H-pyrrole nitrogens is 1. The number of nitrogens with two attached hydrogens (primary N) is 1. The summed E-state index contributed by atoms with van der Waals surface area (Å²) >= 11 is 4.18. The van der Waals surface area contributed by atoms with Gasteiger partial charge in [0.05, 0.1) is 10.9 Å². The second-order valence-corrected chi connectivity index (χ2v) is 6.76. The van der Waals surface area contributed by atoms with Crippen molar-refractivity contribution in [3.63, 3.8) is 0 Å². The molecular weight excluding hydrogens is 509 g/mol. The van der Waals surface area contributed by atoms with E-state index in [4.69, 9.17) is 11.0 Å². The maximum Gasteiger partial charge on any atom is 0.154 e. The Morgan fingerprint density at radius 1 is 1.23 bits per heavy atom. The molecule has 0 unspecified atom stereocenters. The lowest BCUT2D eigenvalue weighted by molar-refractivity contribution is 0.623. The highest BCUT2D eigenvalue weighted by Gasteiger charge is 2.07. The number of nitrogens with zero attached hydrogens (tertiary/aromatic N) is 2. The summed E-state index contributed by atoms with van der Waals surface area (Å²) in [6.45, 7) is 2.04. The number of anilines is 1. The third-order valence-electron chi connectivity index (χ3n) is 2.98. The highest BCUT2D eigenvalue weighted by Crippen LogP contribution is 2.26. The molecule has 0 aliphatic heterocycles. The predicted octanol–water partition coefficient (Wildman–Crippen LogP) is 4.36.